The molecule has 19 heavy (non-hydrogen) atoms. The number of hydrogen-bond donors (Lipinski definition) is 0. The summed E-state index contributed by atoms with van der Waals surface area (Å²) in [6, 6.07) is 9.02. The fourth-order valence-corrected chi connectivity index (χ4v) is 1.68. The van der Waals surface area contributed by atoms with Crippen LogP contribution in [0.1, 0.15) is 19.8 Å². The molecular weight excluding hydrogens is 264 g/mol. The first kappa shape index (κ1) is 15.3. The molecule has 1 atom stereocenters. The molecule has 0 aliphatic rings. The van der Waals surface area contributed by atoms with Gasteiger partial charge in [0.2, 0.25) is 5.91 Å². The molecule has 1 rings (SSSR count). The zero-order valence-electron chi connectivity index (χ0n) is 11.1. The SMILES string of the molecule is CC(CC#N)N(C)C(=O)CCOc1cccc(Cl)c1. The number of nitriles is 1. The molecule has 0 saturated heterocycles. The lowest BCUT2D eigenvalue weighted by Crippen LogP contribution is -2.35. The molecule has 1 aromatic carbocycles. The predicted octanol–water partition coefficient (Wildman–Crippen LogP) is 2.87. The van der Waals surface area contributed by atoms with E-state index in [0.717, 1.165) is 0 Å². The van der Waals surface area contributed by atoms with Crippen LogP contribution < -0.4 is 4.74 Å². The fraction of sp³-hybridized carbons (Fsp3) is 0.429. The summed E-state index contributed by atoms with van der Waals surface area (Å²) in [6.45, 7) is 2.14. The molecule has 5 heteroatoms. The average Bonchev–Trinajstić information content (AvgIpc) is 2.38. The first-order valence-corrected chi connectivity index (χ1v) is 6.43. The van der Waals surface area contributed by atoms with Gasteiger partial charge in [-0.1, -0.05) is 17.7 Å². The summed E-state index contributed by atoms with van der Waals surface area (Å²) in [5, 5.41) is 9.19. The standard InChI is InChI=1S/C14H17ClN2O2/c1-11(6-8-16)17(2)14(18)7-9-19-13-5-3-4-12(15)10-13/h3-5,10-11H,6-7,9H2,1-2H3. The van der Waals surface area contributed by atoms with E-state index in [4.69, 9.17) is 21.6 Å². The molecule has 0 aromatic heterocycles. The molecule has 0 fully saturated rings. The Kier molecular flexibility index (Phi) is 6.17. The van der Waals surface area contributed by atoms with Gasteiger partial charge in [0, 0.05) is 18.1 Å². The molecule has 0 radical (unpaired) electrons. The lowest BCUT2D eigenvalue weighted by atomic mass is 10.2. The topological polar surface area (TPSA) is 53.3 Å². The first-order chi connectivity index (χ1) is 9.04. The Morgan fingerprint density at radius 1 is 1.58 bits per heavy atom. The number of carbonyl (C=O) groups excluding carboxylic acids is 1. The number of amides is 1. The van der Waals surface area contributed by atoms with E-state index in [1.165, 1.54) is 0 Å². The average molecular weight is 281 g/mol. The van der Waals surface area contributed by atoms with Gasteiger partial charge in [0.25, 0.3) is 0 Å². The number of hydrogen-bond acceptors (Lipinski definition) is 3. The Labute approximate surface area is 118 Å². The van der Waals surface area contributed by atoms with Crippen molar-refractivity contribution in [3.8, 4) is 11.8 Å². The molecule has 0 aliphatic carbocycles. The Balaban J connectivity index is 2.37. The Morgan fingerprint density at radius 3 is 2.95 bits per heavy atom. The minimum Gasteiger partial charge on any atom is -0.493 e. The normalized spacial score (nSPS) is 11.5. The lowest BCUT2D eigenvalue weighted by Gasteiger charge is -2.22. The molecule has 1 unspecified atom stereocenters. The number of benzene rings is 1. The monoisotopic (exact) mass is 280 g/mol. The number of ether oxygens (including phenoxy) is 1. The lowest BCUT2D eigenvalue weighted by molar-refractivity contribution is -0.132. The van der Waals surface area contributed by atoms with Crippen LogP contribution in [0.25, 0.3) is 0 Å². The van der Waals surface area contributed by atoms with Gasteiger partial charge in [0.1, 0.15) is 5.75 Å². The molecule has 4 nitrogen and oxygen atoms in total. The summed E-state index contributed by atoms with van der Waals surface area (Å²) in [4.78, 5) is 13.4. The van der Waals surface area contributed by atoms with Crippen molar-refractivity contribution in [3.05, 3.63) is 29.3 Å². The van der Waals surface area contributed by atoms with Crippen molar-refractivity contribution in [2.24, 2.45) is 0 Å². The van der Waals surface area contributed by atoms with E-state index in [9.17, 15) is 4.79 Å². The minimum absolute atomic E-state index is 0.0372. The highest BCUT2D eigenvalue weighted by Gasteiger charge is 2.15. The fourth-order valence-electron chi connectivity index (χ4n) is 1.50. The number of nitrogens with zero attached hydrogens (tertiary/aromatic N) is 2. The van der Waals surface area contributed by atoms with Crippen LogP contribution in [-0.2, 0) is 4.79 Å². The second kappa shape index (κ2) is 7.65. The van der Waals surface area contributed by atoms with Crippen LogP contribution in [0, 0.1) is 11.3 Å². The summed E-state index contributed by atoms with van der Waals surface area (Å²) in [6.07, 6.45) is 0.607. The molecular formula is C14H17ClN2O2. The van der Waals surface area contributed by atoms with Crippen molar-refractivity contribution in [1.29, 1.82) is 5.26 Å². The second-order valence-corrected chi connectivity index (χ2v) is 4.71. The van der Waals surface area contributed by atoms with Gasteiger partial charge in [0.05, 0.1) is 25.5 Å². The van der Waals surface area contributed by atoms with Gasteiger partial charge in [0.15, 0.2) is 0 Å². The van der Waals surface area contributed by atoms with E-state index in [2.05, 4.69) is 6.07 Å². The second-order valence-electron chi connectivity index (χ2n) is 4.27. The van der Waals surface area contributed by atoms with Crippen LogP contribution in [0.5, 0.6) is 5.75 Å². The highest BCUT2D eigenvalue weighted by molar-refractivity contribution is 6.30. The van der Waals surface area contributed by atoms with Crippen LogP contribution in [0.3, 0.4) is 0 Å². The maximum absolute atomic E-state index is 11.8. The minimum atomic E-state index is -0.0799. The Bertz CT molecular complexity index is 471. The van der Waals surface area contributed by atoms with E-state index in [0.29, 0.717) is 23.8 Å². The quantitative estimate of drug-likeness (QED) is 0.805. The third-order valence-electron chi connectivity index (χ3n) is 2.82. The zero-order chi connectivity index (χ0) is 14.3. The number of halogens is 1. The van der Waals surface area contributed by atoms with Crippen LogP contribution in [0.15, 0.2) is 24.3 Å². The van der Waals surface area contributed by atoms with Crippen molar-refractivity contribution >= 4 is 17.5 Å². The largest absolute Gasteiger partial charge is 0.493 e. The van der Waals surface area contributed by atoms with E-state index in [1.807, 2.05) is 6.92 Å². The molecule has 1 aromatic rings. The van der Waals surface area contributed by atoms with Crippen LogP contribution >= 0.6 is 11.6 Å². The predicted molar refractivity (Wildman–Crippen MR) is 74.0 cm³/mol. The Morgan fingerprint density at radius 2 is 2.32 bits per heavy atom. The smallest absolute Gasteiger partial charge is 0.226 e. The third kappa shape index (κ3) is 5.19. The van der Waals surface area contributed by atoms with Crippen molar-refractivity contribution < 1.29 is 9.53 Å². The van der Waals surface area contributed by atoms with Crippen molar-refractivity contribution in [1.82, 2.24) is 4.90 Å². The molecule has 1 amide bonds. The van der Waals surface area contributed by atoms with Crippen LogP contribution in [-0.4, -0.2) is 30.5 Å². The van der Waals surface area contributed by atoms with Gasteiger partial charge in [-0.2, -0.15) is 5.26 Å². The van der Waals surface area contributed by atoms with Crippen molar-refractivity contribution in [2.75, 3.05) is 13.7 Å². The first-order valence-electron chi connectivity index (χ1n) is 6.05. The molecule has 0 bridgehead atoms. The van der Waals surface area contributed by atoms with E-state index in [-0.39, 0.29) is 18.4 Å². The van der Waals surface area contributed by atoms with Crippen LogP contribution in [0.4, 0.5) is 0 Å². The molecule has 0 N–H and O–H groups in total. The molecule has 0 spiro atoms. The molecule has 0 saturated carbocycles. The third-order valence-corrected chi connectivity index (χ3v) is 3.06. The van der Waals surface area contributed by atoms with Gasteiger partial charge < -0.3 is 9.64 Å². The molecule has 102 valence electrons. The van der Waals surface area contributed by atoms with Gasteiger partial charge in [-0.05, 0) is 25.1 Å². The summed E-state index contributed by atoms with van der Waals surface area (Å²) in [5.74, 6) is 0.609. The number of carbonyl (C=O) groups is 1. The molecule has 0 aliphatic heterocycles. The van der Waals surface area contributed by atoms with E-state index < -0.39 is 0 Å². The summed E-state index contributed by atoms with van der Waals surface area (Å²) < 4.78 is 5.45. The van der Waals surface area contributed by atoms with Crippen molar-refractivity contribution in [3.63, 3.8) is 0 Å². The van der Waals surface area contributed by atoms with E-state index >= 15 is 0 Å². The summed E-state index contributed by atoms with van der Waals surface area (Å²) in [7, 11) is 1.70. The van der Waals surface area contributed by atoms with Gasteiger partial charge in [-0.25, -0.2) is 0 Å². The summed E-state index contributed by atoms with van der Waals surface area (Å²) >= 11 is 5.83. The zero-order valence-corrected chi connectivity index (χ0v) is 11.9. The van der Waals surface area contributed by atoms with Crippen molar-refractivity contribution in [2.45, 2.75) is 25.8 Å². The highest BCUT2D eigenvalue weighted by atomic mass is 35.5. The van der Waals surface area contributed by atoms with Gasteiger partial charge in [-0.15, -0.1) is 0 Å². The van der Waals surface area contributed by atoms with Gasteiger partial charge >= 0.3 is 0 Å². The Hall–Kier alpha value is -1.73. The van der Waals surface area contributed by atoms with Gasteiger partial charge in [-0.3, -0.25) is 4.79 Å². The van der Waals surface area contributed by atoms with E-state index in [1.54, 1.807) is 36.2 Å². The highest BCUT2D eigenvalue weighted by Crippen LogP contribution is 2.17. The number of rotatable bonds is 6. The summed E-state index contributed by atoms with van der Waals surface area (Å²) in [5.41, 5.74) is 0. The maximum Gasteiger partial charge on any atom is 0.226 e. The van der Waals surface area contributed by atoms with Crippen LogP contribution in [0.2, 0.25) is 5.02 Å². The molecule has 0 heterocycles. The maximum atomic E-state index is 11.8.